The van der Waals surface area contributed by atoms with Crippen molar-refractivity contribution in [2.24, 2.45) is 17.8 Å². The van der Waals surface area contributed by atoms with Crippen LogP contribution in [0.5, 0.6) is 5.75 Å². The van der Waals surface area contributed by atoms with Gasteiger partial charge in [-0.2, -0.15) is 4.39 Å². The van der Waals surface area contributed by atoms with Gasteiger partial charge in [0.15, 0.2) is 0 Å². The smallest absolute Gasteiger partial charge is 0.263 e. The van der Waals surface area contributed by atoms with Gasteiger partial charge in [-0.1, -0.05) is 42.8 Å². The molecule has 0 radical (unpaired) electrons. The first-order valence-corrected chi connectivity index (χ1v) is 18.1. The Morgan fingerprint density at radius 3 is 2.83 bits per heavy atom. The minimum atomic E-state index is -1.58. The first kappa shape index (κ1) is 31.4. The molecule has 1 N–H and O–H groups in total. The van der Waals surface area contributed by atoms with Crippen LogP contribution in [0.1, 0.15) is 78.9 Å². The van der Waals surface area contributed by atoms with Gasteiger partial charge in [-0.05, 0) is 111 Å². The first-order chi connectivity index (χ1) is 22.2. The summed E-state index contributed by atoms with van der Waals surface area (Å²) in [5.74, 6) is 0.433. The number of aromatic nitrogens is 1. The van der Waals surface area contributed by atoms with E-state index in [1.54, 1.807) is 6.07 Å². The molecule has 3 heterocycles. The van der Waals surface area contributed by atoms with Gasteiger partial charge in [0.2, 0.25) is 5.95 Å². The van der Waals surface area contributed by atoms with E-state index in [0.717, 1.165) is 61.7 Å². The Labute approximate surface area is 278 Å². The van der Waals surface area contributed by atoms with Crippen LogP contribution >= 0.6 is 11.6 Å². The molecular formula is C37H41ClFN3O3S. The van der Waals surface area contributed by atoms with Crippen molar-refractivity contribution in [3.05, 3.63) is 100 Å². The Balaban J connectivity index is 1.32. The molecule has 3 aromatic rings. The zero-order valence-electron chi connectivity index (χ0n) is 26.4. The van der Waals surface area contributed by atoms with E-state index in [-0.39, 0.29) is 34.3 Å². The second-order valence-corrected chi connectivity index (χ2v) is 15.8. The van der Waals surface area contributed by atoms with Crippen LogP contribution in [-0.4, -0.2) is 40.0 Å². The van der Waals surface area contributed by atoms with Crippen molar-refractivity contribution in [3.63, 3.8) is 0 Å². The number of amides is 1. The van der Waals surface area contributed by atoms with Crippen LogP contribution in [0.25, 0.3) is 0 Å². The van der Waals surface area contributed by atoms with Crippen molar-refractivity contribution in [1.29, 1.82) is 0 Å². The van der Waals surface area contributed by atoms with Gasteiger partial charge >= 0.3 is 0 Å². The van der Waals surface area contributed by atoms with Crippen molar-refractivity contribution in [2.45, 2.75) is 69.0 Å². The number of benzene rings is 2. The summed E-state index contributed by atoms with van der Waals surface area (Å²) in [6.07, 6.45) is 11.5. The molecule has 9 heteroatoms. The van der Waals surface area contributed by atoms with Gasteiger partial charge in [0.05, 0.1) is 17.5 Å². The largest absolute Gasteiger partial charge is 0.490 e. The Morgan fingerprint density at radius 2 is 2.02 bits per heavy atom. The average Bonchev–Trinajstić information content (AvgIpc) is 3.18. The normalized spacial score (nSPS) is 31.8. The number of nitrogens with one attached hydrogen (secondary N) is 1. The minimum absolute atomic E-state index is 0.0438. The lowest BCUT2D eigenvalue weighted by Gasteiger charge is -2.46. The second kappa shape index (κ2) is 12.8. The number of hydrogen-bond acceptors (Lipinski definition) is 5. The maximum Gasteiger partial charge on any atom is 0.263 e. The monoisotopic (exact) mass is 661 g/mol. The molecule has 242 valence electrons. The number of ether oxygens (including phenoxy) is 1. The number of carbonyl (C=O) groups excluding carboxylic acids is 1. The summed E-state index contributed by atoms with van der Waals surface area (Å²) < 4.78 is 38.0. The maximum atomic E-state index is 15.3. The summed E-state index contributed by atoms with van der Waals surface area (Å²) in [5.41, 5.74) is 4.26. The fourth-order valence-corrected chi connectivity index (χ4v) is 9.26. The minimum Gasteiger partial charge on any atom is -0.490 e. The molecule has 6 unspecified atom stereocenters. The lowest BCUT2D eigenvalue weighted by Crippen LogP contribution is -2.49. The molecule has 1 aromatic heterocycles. The molecule has 2 aromatic carbocycles. The summed E-state index contributed by atoms with van der Waals surface area (Å²) >= 11 is 6.44. The number of hydrogen-bond donors (Lipinski definition) is 1. The van der Waals surface area contributed by atoms with Crippen LogP contribution in [0.2, 0.25) is 5.02 Å². The highest BCUT2D eigenvalue weighted by atomic mass is 35.5. The zero-order valence-corrected chi connectivity index (χ0v) is 28.0. The van der Waals surface area contributed by atoms with Gasteiger partial charge in [-0.15, -0.1) is 0 Å². The molecule has 7 atom stereocenters. The molecule has 46 heavy (non-hydrogen) atoms. The number of carbonyl (C=O) groups is 1. The first-order valence-electron chi connectivity index (χ1n) is 16.5. The highest BCUT2D eigenvalue weighted by Gasteiger charge is 2.45. The Hall–Kier alpha value is -3.23. The zero-order chi connectivity index (χ0) is 32.0. The molecule has 7 rings (SSSR count). The van der Waals surface area contributed by atoms with Crippen molar-refractivity contribution < 1.29 is 18.1 Å². The van der Waals surface area contributed by atoms with E-state index in [4.69, 9.17) is 16.3 Å². The average molecular weight is 662 g/mol. The third-order valence-corrected chi connectivity index (χ3v) is 12.8. The fourth-order valence-electron chi connectivity index (χ4n) is 8.04. The number of pyridine rings is 1. The van der Waals surface area contributed by atoms with E-state index in [2.05, 4.69) is 38.9 Å². The van der Waals surface area contributed by atoms with Gasteiger partial charge in [0.1, 0.15) is 16.7 Å². The van der Waals surface area contributed by atoms with Crippen LogP contribution in [0.4, 0.5) is 10.1 Å². The third kappa shape index (κ3) is 5.87. The maximum absolute atomic E-state index is 15.3. The Bertz CT molecular complexity index is 1700. The molecule has 6 nitrogen and oxygen atoms in total. The third-order valence-electron chi connectivity index (χ3n) is 11.0. The summed E-state index contributed by atoms with van der Waals surface area (Å²) in [5, 5.41) is 0.473. The van der Waals surface area contributed by atoms with Gasteiger partial charge in [-0.3, -0.25) is 9.52 Å². The number of allylic oxidation sites excluding steroid dienone is 2. The molecule has 0 saturated heterocycles. The van der Waals surface area contributed by atoms with Crippen LogP contribution in [0.15, 0.2) is 66.9 Å². The van der Waals surface area contributed by atoms with Crippen molar-refractivity contribution in [2.75, 3.05) is 24.6 Å². The van der Waals surface area contributed by atoms with Gasteiger partial charge in [-0.25, -0.2) is 9.19 Å². The SMILES string of the molecule is CC1C/C=C/C(c2cccnc2F)C2CCC2CN2C[C@@]3(CCCc4cc(Cl)ccc43)COc3ccc(cc32)C(=O)NS(=O)C1C. The van der Waals surface area contributed by atoms with Crippen molar-refractivity contribution in [1.82, 2.24) is 9.71 Å². The Kier molecular flexibility index (Phi) is 8.70. The van der Waals surface area contributed by atoms with E-state index in [1.165, 1.54) is 17.3 Å². The topological polar surface area (TPSA) is 71.5 Å². The lowest BCUT2D eigenvalue weighted by molar-refractivity contribution is 0.0982. The second-order valence-electron chi connectivity index (χ2n) is 13.8. The number of rotatable bonds is 1. The molecule has 2 aliphatic carbocycles. The number of fused-ring (bicyclic) bond motifs is 4. The summed E-state index contributed by atoms with van der Waals surface area (Å²) in [7, 11) is -1.58. The van der Waals surface area contributed by atoms with Crippen molar-refractivity contribution >= 4 is 34.2 Å². The number of anilines is 1. The molecule has 1 amide bonds. The quantitative estimate of drug-likeness (QED) is 0.216. The molecule has 1 fully saturated rings. The van der Waals surface area contributed by atoms with Gasteiger partial charge in [0, 0.05) is 46.8 Å². The highest BCUT2D eigenvalue weighted by Crippen LogP contribution is 2.49. The Morgan fingerprint density at radius 1 is 1.15 bits per heavy atom. The van der Waals surface area contributed by atoms with Crippen LogP contribution in [-0.2, 0) is 22.8 Å². The summed E-state index contributed by atoms with van der Waals surface area (Å²) in [4.78, 5) is 19.9. The highest BCUT2D eigenvalue weighted by molar-refractivity contribution is 7.84. The van der Waals surface area contributed by atoms with Gasteiger partial charge < -0.3 is 9.64 Å². The summed E-state index contributed by atoms with van der Waals surface area (Å²) in [6, 6.07) is 15.5. The lowest BCUT2D eigenvalue weighted by atomic mass is 9.64. The predicted molar refractivity (Wildman–Crippen MR) is 181 cm³/mol. The fraction of sp³-hybridized carbons (Fsp3) is 0.459. The van der Waals surface area contributed by atoms with Crippen LogP contribution in [0.3, 0.4) is 0 Å². The predicted octanol–water partition coefficient (Wildman–Crippen LogP) is 7.54. The molecule has 1 saturated carbocycles. The molecular weight excluding hydrogens is 621 g/mol. The van der Waals surface area contributed by atoms with Gasteiger partial charge in [0.25, 0.3) is 5.91 Å². The number of halogens is 2. The molecule has 2 bridgehead atoms. The van der Waals surface area contributed by atoms with Crippen molar-refractivity contribution in [3.8, 4) is 5.75 Å². The number of nitrogens with zero attached hydrogens (tertiary/aromatic N) is 2. The van der Waals surface area contributed by atoms with E-state index < -0.39 is 16.9 Å². The molecule has 4 aliphatic rings. The molecule has 2 aliphatic heterocycles. The molecule has 1 spiro atoms. The van der Waals surface area contributed by atoms with Crippen LogP contribution in [0, 0.1) is 23.7 Å². The van der Waals surface area contributed by atoms with E-state index in [1.807, 2.05) is 44.2 Å². The van der Waals surface area contributed by atoms with Crippen LogP contribution < -0.4 is 14.4 Å². The van der Waals surface area contributed by atoms with E-state index >= 15 is 4.39 Å². The number of aryl methyl sites for hydroxylation is 1. The summed E-state index contributed by atoms with van der Waals surface area (Å²) in [6.45, 7) is 5.95. The van der Waals surface area contributed by atoms with E-state index in [0.29, 0.717) is 30.1 Å². The standard InChI is InChI=1S/C37H41ClFN3O3S/c1-23-6-3-8-30(31-9-5-17-40-35(31)39)29-13-10-27(29)20-42-21-37(16-4-7-25-18-28(38)12-14-32(25)37)22-45-34-15-11-26(19-33(34)42)36(43)41-46(44)24(23)2/h3,5,8-9,11-12,14-15,17-19,23-24,27,29-30H,4,6-7,10,13,16,20-22H2,1-2H3,(H,41,43)/b8-3+/t23?,24?,27?,29?,30?,37-,46?/m0/s1. The van der Waals surface area contributed by atoms with E-state index in [9.17, 15) is 9.00 Å².